The lowest BCUT2D eigenvalue weighted by atomic mass is 10.1. The Morgan fingerprint density at radius 2 is 2.07 bits per heavy atom. The Balaban J connectivity index is 2.37. The standard InChI is InChI=1S/C12H20N2S/c1-4-6-11(5-2)15-12-7-9-14(13-3)10-8-12/h4-6,12-13H,1-2,7-10H2,3H3/b11-6+. The predicted octanol–water partition coefficient (Wildman–Crippen LogP) is 2.57. The molecule has 1 N–H and O–H groups in total. The molecule has 3 heteroatoms. The maximum absolute atomic E-state index is 3.82. The molecule has 0 unspecified atom stereocenters. The molecular formula is C12H20N2S. The largest absolute Gasteiger partial charge is 0.258 e. The van der Waals surface area contributed by atoms with Gasteiger partial charge in [0.25, 0.3) is 0 Å². The second kappa shape index (κ2) is 6.88. The summed E-state index contributed by atoms with van der Waals surface area (Å²) in [4.78, 5) is 1.23. The number of thioether (sulfide) groups is 1. The Kier molecular flexibility index (Phi) is 5.76. The summed E-state index contributed by atoms with van der Waals surface area (Å²) in [6.07, 6.45) is 8.23. The van der Waals surface area contributed by atoms with Crippen molar-refractivity contribution in [1.29, 1.82) is 0 Å². The number of hydrogen-bond donors (Lipinski definition) is 1. The highest BCUT2D eigenvalue weighted by Crippen LogP contribution is 2.29. The highest BCUT2D eigenvalue weighted by Gasteiger charge is 2.18. The van der Waals surface area contributed by atoms with Crippen LogP contribution in [0.5, 0.6) is 0 Å². The molecule has 1 rings (SSSR count). The molecule has 15 heavy (non-hydrogen) atoms. The normalized spacial score (nSPS) is 20.2. The van der Waals surface area contributed by atoms with Gasteiger partial charge >= 0.3 is 0 Å². The third-order valence-electron chi connectivity index (χ3n) is 2.54. The fourth-order valence-corrected chi connectivity index (χ4v) is 2.76. The first kappa shape index (κ1) is 12.6. The van der Waals surface area contributed by atoms with Crippen LogP contribution in [-0.4, -0.2) is 30.4 Å². The van der Waals surface area contributed by atoms with Crippen molar-refractivity contribution in [2.45, 2.75) is 18.1 Å². The van der Waals surface area contributed by atoms with E-state index < -0.39 is 0 Å². The Morgan fingerprint density at radius 1 is 1.40 bits per heavy atom. The fraction of sp³-hybridized carbons (Fsp3) is 0.500. The Bertz CT molecular complexity index is 240. The van der Waals surface area contributed by atoms with Gasteiger partial charge in [-0.2, -0.15) is 0 Å². The maximum Gasteiger partial charge on any atom is 0.0141 e. The van der Waals surface area contributed by atoms with Gasteiger partial charge < -0.3 is 0 Å². The van der Waals surface area contributed by atoms with Crippen LogP contribution >= 0.6 is 11.8 Å². The zero-order valence-corrected chi connectivity index (χ0v) is 10.2. The van der Waals surface area contributed by atoms with Crippen molar-refractivity contribution in [2.75, 3.05) is 20.1 Å². The molecule has 1 heterocycles. The highest BCUT2D eigenvalue weighted by atomic mass is 32.2. The predicted molar refractivity (Wildman–Crippen MR) is 69.7 cm³/mol. The second-order valence-electron chi connectivity index (χ2n) is 3.54. The van der Waals surface area contributed by atoms with E-state index in [9.17, 15) is 0 Å². The highest BCUT2D eigenvalue weighted by molar-refractivity contribution is 8.03. The lowest BCUT2D eigenvalue weighted by Gasteiger charge is -2.30. The number of nitrogens with zero attached hydrogens (tertiary/aromatic N) is 1. The van der Waals surface area contributed by atoms with E-state index in [0.29, 0.717) is 0 Å². The van der Waals surface area contributed by atoms with E-state index in [4.69, 9.17) is 0 Å². The van der Waals surface area contributed by atoms with Gasteiger partial charge in [-0.25, -0.2) is 5.01 Å². The van der Waals surface area contributed by atoms with Crippen molar-refractivity contribution < 1.29 is 0 Å². The summed E-state index contributed by atoms with van der Waals surface area (Å²) >= 11 is 1.92. The van der Waals surface area contributed by atoms with Crippen LogP contribution in [0.3, 0.4) is 0 Å². The molecule has 0 spiro atoms. The van der Waals surface area contributed by atoms with E-state index in [1.165, 1.54) is 17.7 Å². The van der Waals surface area contributed by atoms with Crippen molar-refractivity contribution in [3.8, 4) is 0 Å². The van der Waals surface area contributed by atoms with Gasteiger partial charge in [-0.1, -0.05) is 25.3 Å². The van der Waals surface area contributed by atoms with Crippen molar-refractivity contribution in [3.05, 3.63) is 36.3 Å². The molecule has 1 aliphatic heterocycles. The SMILES string of the molecule is C=C/C=C(\C=C)SC1CCN(NC)CC1. The molecule has 2 nitrogen and oxygen atoms in total. The summed E-state index contributed by atoms with van der Waals surface area (Å²) < 4.78 is 0. The maximum atomic E-state index is 3.82. The van der Waals surface area contributed by atoms with Crippen molar-refractivity contribution >= 4 is 11.8 Å². The number of allylic oxidation sites excluding steroid dienone is 3. The molecule has 0 aromatic rings. The van der Waals surface area contributed by atoms with E-state index in [1.807, 2.05) is 37.0 Å². The summed E-state index contributed by atoms with van der Waals surface area (Å²) in [6, 6.07) is 0. The molecule has 0 amide bonds. The molecular weight excluding hydrogens is 204 g/mol. The smallest absolute Gasteiger partial charge is 0.0141 e. The molecule has 0 aromatic heterocycles. The zero-order valence-electron chi connectivity index (χ0n) is 9.41. The van der Waals surface area contributed by atoms with Crippen LogP contribution < -0.4 is 5.43 Å². The molecule has 1 saturated heterocycles. The molecule has 0 aliphatic carbocycles. The van der Waals surface area contributed by atoms with Gasteiger partial charge in [0, 0.05) is 23.2 Å². The number of hydrogen-bond acceptors (Lipinski definition) is 3. The summed E-state index contributed by atoms with van der Waals surface area (Å²) in [6.45, 7) is 9.79. The third-order valence-corrected chi connectivity index (χ3v) is 3.92. The summed E-state index contributed by atoms with van der Waals surface area (Å²) in [5.74, 6) is 0. The van der Waals surface area contributed by atoms with Crippen LogP contribution in [0.1, 0.15) is 12.8 Å². The lowest BCUT2D eigenvalue weighted by molar-refractivity contribution is 0.175. The van der Waals surface area contributed by atoms with E-state index in [0.717, 1.165) is 18.3 Å². The number of nitrogens with one attached hydrogen (secondary N) is 1. The van der Waals surface area contributed by atoms with Crippen molar-refractivity contribution in [1.82, 2.24) is 10.4 Å². The first-order chi connectivity index (χ1) is 7.30. The van der Waals surface area contributed by atoms with E-state index in [2.05, 4.69) is 23.6 Å². The molecule has 1 fully saturated rings. The van der Waals surface area contributed by atoms with Gasteiger partial charge in [0.2, 0.25) is 0 Å². The van der Waals surface area contributed by atoms with Gasteiger partial charge in [-0.15, -0.1) is 11.8 Å². The van der Waals surface area contributed by atoms with E-state index in [1.54, 1.807) is 0 Å². The summed E-state index contributed by atoms with van der Waals surface area (Å²) in [5, 5.41) is 2.99. The monoisotopic (exact) mass is 224 g/mol. The summed E-state index contributed by atoms with van der Waals surface area (Å²) in [7, 11) is 1.99. The molecule has 0 atom stereocenters. The second-order valence-corrected chi connectivity index (χ2v) is 4.91. The topological polar surface area (TPSA) is 15.3 Å². The average Bonchev–Trinajstić information content (AvgIpc) is 2.29. The quantitative estimate of drug-likeness (QED) is 0.723. The minimum absolute atomic E-state index is 0.721. The van der Waals surface area contributed by atoms with Crippen LogP contribution in [0.25, 0.3) is 0 Å². The van der Waals surface area contributed by atoms with Gasteiger partial charge in [-0.3, -0.25) is 5.43 Å². The van der Waals surface area contributed by atoms with Crippen molar-refractivity contribution in [3.63, 3.8) is 0 Å². The first-order valence-electron chi connectivity index (χ1n) is 5.34. The molecule has 0 bridgehead atoms. The third kappa shape index (κ3) is 4.24. The lowest BCUT2D eigenvalue weighted by Crippen LogP contribution is -2.42. The fourth-order valence-electron chi connectivity index (χ4n) is 1.66. The Hall–Kier alpha value is -0.510. The van der Waals surface area contributed by atoms with Gasteiger partial charge in [0.05, 0.1) is 0 Å². The van der Waals surface area contributed by atoms with Crippen LogP contribution in [0, 0.1) is 0 Å². The molecule has 0 aromatic carbocycles. The van der Waals surface area contributed by atoms with Gasteiger partial charge in [0.1, 0.15) is 0 Å². The summed E-state index contributed by atoms with van der Waals surface area (Å²) in [5.41, 5.74) is 3.19. The first-order valence-corrected chi connectivity index (χ1v) is 6.22. The van der Waals surface area contributed by atoms with Crippen LogP contribution in [0.15, 0.2) is 36.3 Å². The molecule has 0 saturated carbocycles. The van der Waals surface area contributed by atoms with E-state index in [-0.39, 0.29) is 0 Å². The van der Waals surface area contributed by atoms with E-state index >= 15 is 0 Å². The Labute approximate surface area is 97.1 Å². The zero-order chi connectivity index (χ0) is 11.1. The number of rotatable bonds is 5. The number of hydrazine groups is 1. The van der Waals surface area contributed by atoms with Crippen LogP contribution in [0.2, 0.25) is 0 Å². The molecule has 1 aliphatic rings. The molecule has 84 valence electrons. The average molecular weight is 224 g/mol. The van der Waals surface area contributed by atoms with Gasteiger partial charge in [-0.05, 0) is 26.0 Å². The van der Waals surface area contributed by atoms with Crippen molar-refractivity contribution in [2.24, 2.45) is 0 Å². The molecule has 0 radical (unpaired) electrons. The Morgan fingerprint density at radius 3 is 2.53 bits per heavy atom. The van der Waals surface area contributed by atoms with Crippen LogP contribution in [-0.2, 0) is 0 Å². The van der Waals surface area contributed by atoms with Crippen LogP contribution in [0.4, 0.5) is 0 Å². The minimum atomic E-state index is 0.721. The minimum Gasteiger partial charge on any atom is -0.258 e. The number of piperidine rings is 1. The van der Waals surface area contributed by atoms with Gasteiger partial charge in [0.15, 0.2) is 0 Å².